The van der Waals surface area contributed by atoms with Gasteiger partial charge in [-0.25, -0.2) is 39.5 Å². The first-order chi connectivity index (χ1) is 39.5. The number of carbonyl (C=O) groups excluding carboxylic acids is 2. The predicted molar refractivity (Wildman–Crippen MR) is 286 cm³/mol. The van der Waals surface area contributed by atoms with Gasteiger partial charge in [0.15, 0.2) is 15.5 Å². The molecule has 0 radical (unpaired) electrons. The van der Waals surface area contributed by atoms with Crippen LogP contribution in [0.2, 0.25) is 5.02 Å². The monoisotopic (exact) mass is 1300 g/mol. The van der Waals surface area contributed by atoms with E-state index in [1.54, 1.807) is 0 Å². The second-order valence-corrected chi connectivity index (χ2v) is 26.9. The van der Waals surface area contributed by atoms with Crippen LogP contribution in [-0.2, 0) is 89.7 Å². The number of pyridine rings is 1. The highest BCUT2D eigenvalue weighted by Crippen LogP contribution is 2.68. The number of carboxylic acid groups (broad SMARTS) is 1. The number of alkyl halides is 8. The highest BCUT2D eigenvalue weighted by molar-refractivity contribution is 7.92. The lowest BCUT2D eigenvalue weighted by Crippen LogP contribution is -2.35. The van der Waals surface area contributed by atoms with Gasteiger partial charge in [-0.15, -0.1) is 0 Å². The van der Waals surface area contributed by atoms with E-state index >= 15 is 8.78 Å². The van der Waals surface area contributed by atoms with Gasteiger partial charge in [0.2, 0.25) is 22.7 Å². The van der Waals surface area contributed by atoms with Gasteiger partial charge in [0.25, 0.3) is 5.92 Å². The van der Waals surface area contributed by atoms with Crippen LogP contribution in [0.15, 0.2) is 54.6 Å². The van der Waals surface area contributed by atoms with Gasteiger partial charge in [0.1, 0.15) is 46.6 Å². The highest BCUT2D eigenvalue weighted by Gasteiger charge is 2.68. The Bertz CT molecular complexity index is 4090. The lowest BCUT2D eigenvalue weighted by Gasteiger charge is -2.30. The molecule has 462 valence electrons. The maximum atomic E-state index is 15.7. The van der Waals surface area contributed by atoms with Gasteiger partial charge in [0, 0.05) is 57.7 Å². The minimum absolute atomic E-state index is 0.0132. The molecule has 2 aliphatic carbocycles. The molecule has 19 nitrogen and oxygen atoms in total. The molecule has 2 aliphatic rings. The number of phosphoric ester groups is 1. The molecule has 8 rings (SSSR count). The largest absolute Gasteiger partial charge is 0.524 e. The summed E-state index contributed by atoms with van der Waals surface area (Å²) in [6.07, 6.45) is -12.1. The number of nitrogens with one attached hydrogen (secondary N) is 1. The Morgan fingerprint density at radius 2 is 1.59 bits per heavy atom. The number of aliphatic carboxylic acids is 1. The fraction of sp³-hybridized carbons (Fsp3) is 0.396. The maximum Gasteiger partial charge on any atom is 0.524 e. The lowest BCUT2D eigenvalue weighted by molar-refractivity contribution is -0.143. The van der Waals surface area contributed by atoms with E-state index in [1.165, 1.54) is 40.7 Å². The van der Waals surface area contributed by atoms with E-state index in [9.17, 15) is 85.8 Å². The molecule has 1 fully saturated rings. The van der Waals surface area contributed by atoms with E-state index in [2.05, 4.69) is 32.3 Å². The zero-order chi connectivity index (χ0) is 63.9. The van der Waals surface area contributed by atoms with E-state index < -0.39 is 193 Å². The third kappa shape index (κ3) is 13.8. The number of rotatable bonds is 19. The fourth-order valence-electron chi connectivity index (χ4n) is 10.6. The van der Waals surface area contributed by atoms with Crippen molar-refractivity contribution < 1.29 is 99.1 Å². The fourth-order valence-corrected chi connectivity index (χ4v) is 12.0. The number of hydrogen-bond donors (Lipinski definition) is 5. The van der Waals surface area contributed by atoms with Crippen molar-refractivity contribution in [3.05, 3.63) is 128 Å². The SMILES string of the molecule is Cc1cc(CC(=O)O)cc(OP(=O)(O)O)c1C(C)(C)CC(=O)N(Cc1nn(CC(F)(F)F)c2c(-c3ccc(C#CC(C)(C)S(C)(=O)=O)nc3C(Cc3cc(F)cc(F)c3)NC(=O)Cn3nc(C(F)(F)F)c4c3C(F)(F)[C@@H]3C[C@H]43)ccc(Cl)c12)[SH](=O)=O. The molecule has 3 atom stereocenters. The number of nitrogens with zero attached hydrogens (tertiary/aromatic N) is 6. The quantitative estimate of drug-likeness (QED) is 0.0219. The first-order valence-corrected chi connectivity index (χ1v) is 30.2. The minimum atomic E-state index is -5.39. The van der Waals surface area contributed by atoms with E-state index in [4.69, 9.17) is 16.1 Å². The summed E-state index contributed by atoms with van der Waals surface area (Å²) in [5.74, 6) is -8.43. The normalized spacial score (nSPS) is 16.3. The smallest absolute Gasteiger partial charge is 0.481 e. The average molecular weight is 1300 g/mol. The molecule has 3 aromatic carbocycles. The van der Waals surface area contributed by atoms with Crippen molar-refractivity contribution in [2.75, 3.05) is 6.26 Å². The first-order valence-electron chi connectivity index (χ1n) is 25.3. The van der Waals surface area contributed by atoms with Crippen molar-refractivity contribution in [3.8, 4) is 28.7 Å². The average Bonchev–Trinajstić information content (AvgIpc) is 2.15. The van der Waals surface area contributed by atoms with Crippen molar-refractivity contribution in [2.45, 2.75) is 120 Å². The van der Waals surface area contributed by atoms with Crippen molar-refractivity contribution >= 4 is 68.8 Å². The number of aromatic nitrogens is 5. The van der Waals surface area contributed by atoms with Crippen molar-refractivity contribution in [2.24, 2.45) is 5.92 Å². The van der Waals surface area contributed by atoms with Gasteiger partial charge < -0.3 is 14.9 Å². The van der Waals surface area contributed by atoms with Crippen LogP contribution in [-0.4, -0.2) is 95.5 Å². The molecule has 0 saturated heterocycles. The Labute approximate surface area is 488 Å². The molecule has 6 aromatic rings. The molecule has 3 heterocycles. The van der Waals surface area contributed by atoms with E-state index in [0.29, 0.717) is 10.7 Å². The topological polar surface area (TPSA) is 270 Å². The Morgan fingerprint density at radius 1 is 0.953 bits per heavy atom. The molecule has 3 aromatic heterocycles. The van der Waals surface area contributed by atoms with Crippen LogP contribution in [0.4, 0.5) is 43.9 Å². The van der Waals surface area contributed by atoms with Crippen LogP contribution in [0.1, 0.15) is 109 Å². The van der Waals surface area contributed by atoms with Gasteiger partial charge in [-0.2, -0.15) is 45.3 Å². The Morgan fingerprint density at radius 3 is 2.17 bits per heavy atom. The number of carboxylic acids is 1. The second kappa shape index (κ2) is 22.9. The number of benzene rings is 3. The third-order valence-electron chi connectivity index (χ3n) is 14.4. The molecule has 1 saturated carbocycles. The minimum Gasteiger partial charge on any atom is -0.481 e. The Balaban J connectivity index is 1.29. The molecule has 86 heavy (non-hydrogen) atoms. The summed E-state index contributed by atoms with van der Waals surface area (Å²) >= 11 is 6.75. The first kappa shape index (κ1) is 64.9. The van der Waals surface area contributed by atoms with Gasteiger partial charge >= 0.3 is 26.1 Å². The van der Waals surface area contributed by atoms with Crippen molar-refractivity contribution in [1.82, 2.24) is 34.2 Å². The number of fused-ring (bicyclic) bond motifs is 4. The lowest BCUT2D eigenvalue weighted by atomic mass is 9.78. The molecular formula is C53H49ClF10N7O12PS2. The van der Waals surface area contributed by atoms with Crippen molar-refractivity contribution in [3.63, 3.8) is 0 Å². The molecule has 4 N–H and O–H groups in total. The number of halogens is 11. The van der Waals surface area contributed by atoms with Crippen LogP contribution in [0.25, 0.3) is 22.0 Å². The predicted octanol–water partition coefficient (Wildman–Crippen LogP) is 8.92. The molecule has 0 spiro atoms. The molecule has 1 unspecified atom stereocenters. The van der Waals surface area contributed by atoms with Crippen LogP contribution >= 0.6 is 19.4 Å². The number of amides is 2. The molecular weight excluding hydrogens is 1250 g/mol. The van der Waals surface area contributed by atoms with E-state index in [-0.39, 0.29) is 54.5 Å². The Hall–Kier alpha value is -7.10. The van der Waals surface area contributed by atoms with Gasteiger partial charge in [-0.1, -0.05) is 43.5 Å². The Kier molecular flexibility index (Phi) is 17.3. The number of hydrogen-bond acceptors (Lipinski definition) is 12. The summed E-state index contributed by atoms with van der Waals surface area (Å²) < 4.78 is 216. The number of aryl methyl sites for hydroxylation is 1. The van der Waals surface area contributed by atoms with Gasteiger partial charge in [-0.05, 0) is 98.5 Å². The summed E-state index contributed by atoms with van der Waals surface area (Å²) in [6.45, 7) is 2.04. The second-order valence-electron chi connectivity index (χ2n) is 21.8. The molecule has 0 bridgehead atoms. The standard InChI is InChI=1S/C53H49ClF10N7O12PS2/c1-25-13-26(18-41(74)75)17-38(83-84(76,77)78)44(25)49(2,3)21-40(73)71(85(79)80)22-37-43-35(54)10-9-32(46(43)70(67-37)24-51(57,58)59)31-8-7-30(11-12-50(4,5)86(6,81)82)65-45(31)36(16-27-14-28(55)19-29(56)15-27)66-39(72)23-69-48-42(47(68-69)53(62,63)64)33-20-34(33)52(48,60)61/h7-10,13-15,17,19,33-34,36,85H,16,18,20-24H2,1-6H3,(H,66,72)(H,74,75)(H2,76,77,78)/t33-,34+,36?/m0/s1. The number of phosphoric acid groups is 1. The van der Waals surface area contributed by atoms with Crippen LogP contribution in [0.3, 0.4) is 0 Å². The van der Waals surface area contributed by atoms with Crippen LogP contribution in [0, 0.1) is 36.3 Å². The molecule has 2 amide bonds. The molecule has 33 heteroatoms. The summed E-state index contributed by atoms with van der Waals surface area (Å²) in [5, 5.41) is 18.4. The van der Waals surface area contributed by atoms with Crippen LogP contribution in [0.5, 0.6) is 5.75 Å². The highest BCUT2D eigenvalue weighted by atomic mass is 35.5. The molecule has 0 aliphatic heterocycles. The van der Waals surface area contributed by atoms with Crippen LogP contribution < -0.4 is 9.84 Å². The number of thiol groups is 1. The summed E-state index contributed by atoms with van der Waals surface area (Å²) in [7, 11) is -13.4. The van der Waals surface area contributed by atoms with Gasteiger partial charge in [0.05, 0.1) is 40.9 Å². The van der Waals surface area contributed by atoms with Gasteiger partial charge in [-0.3, -0.25) is 33.5 Å². The summed E-state index contributed by atoms with van der Waals surface area (Å²) in [6, 6.07) is 7.02. The summed E-state index contributed by atoms with van der Waals surface area (Å²) in [4.78, 5) is 64.3. The third-order valence-corrected chi connectivity index (χ3v) is 17.8. The zero-order valence-electron chi connectivity index (χ0n) is 45.5. The maximum absolute atomic E-state index is 15.7. The zero-order valence-corrected chi connectivity index (χ0v) is 48.9. The number of carbonyl (C=O) groups is 3. The van der Waals surface area contributed by atoms with Crippen molar-refractivity contribution in [1.29, 1.82) is 0 Å². The van der Waals surface area contributed by atoms with E-state index in [0.717, 1.165) is 48.7 Å². The number of sulfone groups is 1. The van der Waals surface area contributed by atoms with E-state index in [1.807, 2.05) is 0 Å². The summed E-state index contributed by atoms with van der Waals surface area (Å²) in [5.41, 5.74) is -8.17.